The van der Waals surface area contributed by atoms with Crippen molar-refractivity contribution in [3.8, 4) is 17.2 Å². The normalized spacial score (nSPS) is 10.3. The van der Waals surface area contributed by atoms with Gasteiger partial charge in [-0.25, -0.2) is 4.68 Å². The fraction of sp³-hybridized carbons (Fsp3) is 0.158. The molecule has 1 heterocycles. The van der Waals surface area contributed by atoms with Gasteiger partial charge in [0.2, 0.25) is 0 Å². The number of carbonyl (C=O) groups is 1. The highest BCUT2D eigenvalue weighted by Crippen LogP contribution is 2.23. The van der Waals surface area contributed by atoms with Gasteiger partial charge in [-0.2, -0.15) is 5.10 Å². The van der Waals surface area contributed by atoms with E-state index in [1.54, 1.807) is 31.3 Å². The molecule has 0 aliphatic carbocycles. The van der Waals surface area contributed by atoms with Crippen molar-refractivity contribution in [2.24, 2.45) is 0 Å². The molecule has 3 rings (SSSR count). The van der Waals surface area contributed by atoms with Crippen molar-refractivity contribution in [2.45, 2.75) is 6.54 Å². The molecule has 0 aliphatic rings. The van der Waals surface area contributed by atoms with Gasteiger partial charge in [-0.15, -0.1) is 0 Å². The van der Waals surface area contributed by atoms with E-state index in [9.17, 15) is 4.79 Å². The quantitative estimate of drug-likeness (QED) is 0.751. The number of aromatic nitrogens is 2. The third kappa shape index (κ3) is 3.80. The Labute approximate surface area is 146 Å². The zero-order valence-corrected chi connectivity index (χ0v) is 14.1. The number of para-hydroxylation sites is 1. The number of benzene rings is 2. The molecule has 3 aromatic rings. The summed E-state index contributed by atoms with van der Waals surface area (Å²) in [7, 11) is 3.19. The Morgan fingerprint density at radius 3 is 2.64 bits per heavy atom. The van der Waals surface area contributed by atoms with Gasteiger partial charge in [0.15, 0.2) is 0 Å². The van der Waals surface area contributed by atoms with Crippen LogP contribution in [0.4, 0.5) is 0 Å². The van der Waals surface area contributed by atoms with Crippen molar-refractivity contribution in [3.05, 3.63) is 72.1 Å². The number of nitrogens with zero attached hydrogens (tertiary/aromatic N) is 2. The largest absolute Gasteiger partial charge is 0.497 e. The van der Waals surface area contributed by atoms with Gasteiger partial charge in [0, 0.05) is 18.3 Å². The summed E-state index contributed by atoms with van der Waals surface area (Å²) in [5, 5.41) is 7.11. The van der Waals surface area contributed by atoms with Crippen LogP contribution in [0, 0.1) is 0 Å². The second kappa shape index (κ2) is 7.53. The van der Waals surface area contributed by atoms with Gasteiger partial charge in [-0.05, 0) is 30.3 Å². The highest BCUT2D eigenvalue weighted by molar-refractivity contribution is 5.93. The number of rotatable bonds is 6. The van der Waals surface area contributed by atoms with E-state index in [-0.39, 0.29) is 5.91 Å². The molecule has 25 heavy (non-hydrogen) atoms. The first kappa shape index (κ1) is 16.6. The van der Waals surface area contributed by atoms with Crippen molar-refractivity contribution in [3.63, 3.8) is 0 Å². The van der Waals surface area contributed by atoms with Crippen LogP contribution in [0.3, 0.4) is 0 Å². The minimum atomic E-state index is -0.202. The molecule has 2 aromatic carbocycles. The number of carbonyl (C=O) groups excluding carboxylic acids is 1. The predicted octanol–water partition coefficient (Wildman–Crippen LogP) is 2.82. The minimum Gasteiger partial charge on any atom is -0.497 e. The Kier molecular flexibility index (Phi) is 4.99. The number of nitrogens with one attached hydrogen (secondary N) is 1. The lowest BCUT2D eigenvalue weighted by Crippen LogP contribution is -2.22. The second-order valence-corrected chi connectivity index (χ2v) is 5.37. The van der Waals surface area contributed by atoms with Crippen molar-refractivity contribution in [1.82, 2.24) is 15.1 Å². The molecule has 1 N–H and O–H groups in total. The topological polar surface area (TPSA) is 65.4 Å². The Balaban J connectivity index is 1.70. The summed E-state index contributed by atoms with van der Waals surface area (Å²) in [5.41, 5.74) is 2.23. The summed E-state index contributed by atoms with van der Waals surface area (Å²) < 4.78 is 12.2. The monoisotopic (exact) mass is 337 g/mol. The fourth-order valence-electron chi connectivity index (χ4n) is 2.46. The lowest BCUT2D eigenvalue weighted by atomic mass is 10.2. The van der Waals surface area contributed by atoms with Crippen LogP contribution in [0.25, 0.3) is 5.69 Å². The van der Waals surface area contributed by atoms with E-state index in [4.69, 9.17) is 9.47 Å². The molecule has 0 atom stereocenters. The van der Waals surface area contributed by atoms with Crippen LogP contribution in [0.5, 0.6) is 11.5 Å². The molecular formula is C19H19N3O3. The molecular weight excluding hydrogens is 318 g/mol. The van der Waals surface area contributed by atoms with E-state index in [0.717, 1.165) is 11.3 Å². The third-order valence-electron chi connectivity index (χ3n) is 3.79. The number of methoxy groups -OCH3 is 2. The lowest BCUT2D eigenvalue weighted by Gasteiger charge is -2.11. The van der Waals surface area contributed by atoms with Gasteiger partial charge in [-0.3, -0.25) is 4.79 Å². The van der Waals surface area contributed by atoms with Crippen LogP contribution < -0.4 is 14.8 Å². The Hall–Kier alpha value is -3.28. The summed E-state index contributed by atoms with van der Waals surface area (Å²) in [6.07, 6.45) is 3.25. The zero-order chi connectivity index (χ0) is 17.6. The molecule has 0 saturated heterocycles. The van der Waals surface area contributed by atoms with E-state index >= 15 is 0 Å². The molecule has 128 valence electrons. The maximum Gasteiger partial charge on any atom is 0.254 e. The SMILES string of the molecule is COc1ccc(OC)c(CNC(=O)c2cnn(-c3ccccc3)c2)c1. The number of amides is 1. The number of ether oxygens (including phenoxy) is 2. The van der Waals surface area contributed by atoms with Crippen molar-refractivity contribution >= 4 is 5.91 Å². The molecule has 0 fully saturated rings. The van der Waals surface area contributed by atoms with Crippen molar-refractivity contribution in [1.29, 1.82) is 0 Å². The number of hydrogen-bond donors (Lipinski definition) is 1. The molecule has 6 nitrogen and oxygen atoms in total. The summed E-state index contributed by atoms with van der Waals surface area (Å²) >= 11 is 0. The molecule has 6 heteroatoms. The smallest absolute Gasteiger partial charge is 0.254 e. The minimum absolute atomic E-state index is 0.202. The van der Waals surface area contributed by atoms with Gasteiger partial charge in [0.1, 0.15) is 11.5 Å². The average Bonchev–Trinajstić information content (AvgIpc) is 3.17. The van der Waals surface area contributed by atoms with Crippen molar-refractivity contribution in [2.75, 3.05) is 14.2 Å². The van der Waals surface area contributed by atoms with Gasteiger partial charge in [0.25, 0.3) is 5.91 Å². The second-order valence-electron chi connectivity index (χ2n) is 5.37. The zero-order valence-electron chi connectivity index (χ0n) is 14.1. The molecule has 0 unspecified atom stereocenters. The van der Waals surface area contributed by atoms with Crippen LogP contribution in [0.15, 0.2) is 60.9 Å². The fourth-order valence-corrected chi connectivity index (χ4v) is 2.46. The van der Waals surface area contributed by atoms with Gasteiger partial charge in [-0.1, -0.05) is 18.2 Å². The van der Waals surface area contributed by atoms with Crippen LogP contribution in [0.2, 0.25) is 0 Å². The maximum atomic E-state index is 12.4. The Bertz CT molecular complexity index is 859. The first-order chi connectivity index (χ1) is 12.2. The maximum absolute atomic E-state index is 12.4. The van der Waals surface area contributed by atoms with E-state index < -0.39 is 0 Å². The average molecular weight is 337 g/mol. The molecule has 1 amide bonds. The molecule has 1 aromatic heterocycles. The van der Waals surface area contributed by atoms with Crippen LogP contribution in [-0.4, -0.2) is 29.9 Å². The first-order valence-electron chi connectivity index (χ1n) is 7.80. The van der Waals surface area contributed by atoms with E-state index in [2.05, 4.69) is 10.4 Å². The molecule has 0 radical (unpaired) electrons. The van der Waals surface area contributed by atoms with Crippen LogP contribution in [-0.2, 0) is 6.54 Å². The van der Waals surface area contributed by atoms with Gasteiger partial charge >= 0.3 is 0 Å². The summed E-state index contributed by atoms with van der Waals surface area (Å²) in [6, 6.07) is 15.1. The van der Waals surface area contributed by atoms with Gasteiger partial charge in [0.05, 0.1) is 31.7 Å². The van der Waals surface area contributed by atoms with E-state index in [0.29, 0.717) is 23.6 Å². The standard InChI is InChI=1S/C19H19N3O3/c1-24-17-8-9-18(25-2)14(10-17)11-20-19(23)15-12-21-22(13-15)16-6-4-3-5-7-16/h3-10,12-13H,11H2,1-2H3,(H,20,23). The lowest BCUT2D eigenvalue weighted by molar-refractivity contribution is 0.0950. The predicted molar refractivity (Wildman–Crippen MR) is 94.3 cm³/mol. The summed E-state index contributed by atoms with van der Waals surface area (Å²) in [4.78, 5) is 12.4. The molecule has 0 aliphatic heterocycles. The summed E-state index contributed by atoms with van der Waals surface area (Å²) in [5.74, 6) is 1.20. The van der Waals surface area contributed by atoms with Crippen molar-refractivity contribution < 1.29 is 14.3 Å². The Morgan fingerprint density at radius 2 is 1.92 bits per heavy atom. The van der Waals surface area contributed by atoms with E-state index in [1.165, 1.54) is 0 Å². The molecule has 0 spiro atoms. The highest BCUT2D eigenvalue weighted by atomic mass is 16.5. The molecule has 0 saturated carbocycles. The molecule has 0 bridgehead atoms. The number of hydrogen-bond acceptors (Lipinski definition) is 4. The third-order valence-corrected chi connectivity index (χ3v) is 3.79. The first-order valence-corrected chi connectivity index (χ1v) is 7.80. The van der Waals surface area contributed by atoms with Crippen LogP contribution in [0.1, 0.15) is 15.9 Å². The van der Waals surface area contributed by atoms with E-state index in [1.807, 2.05) is 48.5 Å². The Morgan fingerprint density at radius 1 is 1.12 bits per heavy atom. The van der Waals surface area contributed by atoms with Crippen LogP contribution >= 0.6 is 0 Å². The highest BCUT2D eigenvalue weighted by Gasteiger charge is 2.11. The van der Waals surface area contributed by atoms with Gasteiger partial charge < -0.3 is 14.8 Å². The summed E-state index contributed by atoms with van der Waals surface area (Å²) in [6.45, 7) is 0.329.